The van der Waals surface area contributed by atoms with Crippen molar-refractivity contribution in [1.29, 1.82) is 0 Å². The summed E-state index contributed by atoms with van der Waals surface area (Å²) in [4.78, 5) is 14.1. The molecule has 2 N–H and O–H groups in total. The predicted molar refractivity (Wildman–Crippen MR) is 72.1 cm³/mol. The average Bonchev–Trinajstić information content (AvgIpc) is 2.40. The second-order valence-electron chi connectivity index (χ2n) is 4.37. The van der Waals surface area contributed by atoms with Crippen molar-refractivity contribution < 1.29 is 4.79 Å². The molecule has 0 saturated carbocycles. The number of hydrogen-bond donors (Lipinski definition) is 1. The Morgan fingerprint density at radius 1 is 1.28 bits per heavy atom. The summed E-state index contributed by atoms with van der Waals surface area (Å²) in [6, 6.07) is 3.23. The Balaban J connectivity index is 2.75. The highest BCUT2D eigenvalue weighted by molar-refractivity contribution is 5.92. The molecule has 5 heteroatoms. The van der Waals surface area contributed by atoms with Gasteiger partial charge in [-0.1, -0.05) is 26.7 Å². The molecule has 1 amide bonds. The van der Waals surface area contributed by atoms with Crippen LogP contribution in [0.1, 0.15) is 44.1 Å². The fourth-order valence-electron chi connectivity index (χ4n) is 1.83. The number of rotatable bonds is 6. The number of nitrogen functional groups attached to an aromatic ring is 1. The summed E-state index contributed by atoms with van der Waals surface area (Å²) in [7, 11) is 0. The van der Waals surface area contributed by atoms with E-state index in [9.17, 15) is 4.79 Å². The van der Waals surface area contributed by atoms with E-state index in [4.69, 9.17) is 5.73 Å². The highest BCUT2D eigenvalue weighted by Gasteiger charge is 2.18. The SMILES string of the molecule is CCC(CC)CN(CC)C(=O)c1ccc(N)nn1. The van der Waals surface area contributed by atoms with Crippen molar-refractivity contribution in [2.75, 3.05) is 18.8 Å². The van der Waals surface area contributed by atoms with Gasteiger partial charge in [-0.15, -0.1) is 10.2 Å². The molecule has 18 heavy (non-hydrogen) atoms. The smallest absolute Gasteiger partial charge is 0.274 e. The number of anilines is 1. The predicted octanol–water partition coefficient (Wildman–Crippen LogP) is 1.96. The standard InChI is InChI=1S/C13H22N4O/c1-4-10(5-2)9-17(6-3)13(18)11-7-8-12(14)16-15-11/h7-8,10H,4-6,9H2,1-3H3,(H2,14,16). The number of carbonyl (C=O) groups excluding carboxylic acids is 1. The molecule has 0 aliphatic carbocycles. The number of amides is 1. The van der Waals surface area contributed by atoms with E-state index in [0.717, 1.165) is 19.4 Å². The second-order valence-corrected chi connectivity index (χ2v) is 4.37. The van der Waals surface area contributed by atoms with Crippen LogP contribution in [0.5, 0.6) is 0 Å². The van der Waals surface area contributed by atoms with Gasteiger partial charge in [0.2, 0.25) is 0 Å². The van der Waals surface area contributed by atoms with Crippen LogP contribution < -0.4 is 5.73 Å². The molecule has 0 spiro atoms. The average molecular weight is 250 g/mol. The van der Waals surface area contributed by atoms with Gasteiger partial charge in [0.25, 0.3) is 5.91 Å². The Morgan fingerprint density at radius 3 is 2.39 bits per heavy atom. The normalized spacial score (nSPS) is 10.7. The maximum atomic E-state index is 12.2. The summed E-state index contributed by atoms with van der Waals surface area (Å²) in [5.74, 6) is 0.794. The molecule has 1 heterocycles. The topological polar surface area (TPSA) is 72.1 Å². The van der Waals surface area contributed by atoms with Crippen LogP contribution in [-0.2, 0) is 0 Å². The van der Waals surface area contributed by atoms with Crippen molar-refractivity contribution in [2.24, 2.45) is 5.92 Å². The summed E-state index contributed by atoms with van der Waals surface area (Å²) >= 11 is 0. The van der Waals surface area contributed by atoms with E-state index in [0.29, 0.717) is 24.0 Å². The van der Waals surface area contributed by atoms with Gasteiger partial charge in [0.15, 0.2) is 5.69 Å². The third-order valence-electron chi connectivity index (χ3n) is 3.21. The molecule has 100 valence electrons. The highest BCUT2D eigenvalue weighted by atomic mass is 16.2. The van der Waals surface area contributed by atoms with Crippen molar-refractivity contribution in [3.63, 3.8) is 0 Å². The molecular weight excluding hydrogens is 228 g/mol. The van der Waals surface area contributed by atoms with Crippen LogP contribution in [-0.4, -0.2) is 34.1 Å². The van der Waals surface area contributed by atoms with Gasteiger partial charge in [-0.2, -0.15) is 0 Å². The van der Waals surface area contributed by atoms with E-state index in [2.05, 4.69) is 24.0 Å². The van der Waals surface area contributed by atoms with Crippen LogP contribution in [0, 0.1) is 5.92 Å². The lowest BCUT2D eigenvalue weighted by Crippen LogP contribution is -2.35. The van der Waals surface area contributed by atoms with E-state index in [1.54, 1.807) is 12.1 Å². The molecule has 0 aromatic carbocycles. The first-order valence-corrected chi connectivity index (χ1v) is 6.50. The molecule has 5 nitrogen and oxygen atoms in total. The first-order chi connectivity index (χ1) is 8.62. The monoisotopic (exact) mass is 250 g/mol. The van der Waals surface area contributed by atoms with Crippen LogP contribution in [0.25, 0.3) is 0 Å². The molecule has 0 aliphatic rings. The lowest BCUT2D eigenvalue weighted by molar-refractivity contribution is 0.0728. The van der Waals surface area contributed by atoms with Gasteiger partial charge in [0.05, 0.1) is 0 Å². The van der Waals surface area contributed by atoms with E-state index in [1.165, 1.54) is 0 Å². The Morgan fingerprint density at radius 2 is 1.94 bits per heavy atom. The zero-order valence-corrected chi connectivity index (χ0v) is 11.4. The van der Waals surface area contributed by atoms with Crippen LogP contribution in [0.2, 0.25) is 0 Å². The van der Waals surface area contributed by atoms with Crippen molar-refractivity contribution in [3.8, 4) is 0 Å². The lowest BCUT2D eigenvalue weighted by Gasteiger charge is -2.24. The van der Waals surface area contributed by atoms with E-state index >= 15 is 0 Å². The quantitative estimate of drug-likeness (QED) is 0.837. The Bertz CT molecular complexity index is 373. The third kappa shape index (κ3) is 3.68. The minimum absolute atomic E-state index is 0.0723. The summed E-state index contributed by atoms with van der Waals surface area (Å²) in [6.07, 6.45) is 2.15. The van der Waals surface area contributed by atoms with E-state index in [1.807, 2.05) is 11.8 Å². The number of nitrogens with two attached hydrogens (primary N) is 1. The first kappa shape index (κ1) is 14.4. The van der Waals surface area contributed by atoms with Crippen LogP contribution in [0.15, 0.2) is 12.1 Å². The fourth-order valence-corrected chi connectivity index (χ4v) is 1.83. The number of aromatic nitrogens is 2. The summed E-state index contributed by atoms with van der Waals surface area (Å²) < 4.78 is 0. The molecule has 0 aliphatic heterocycles. The van der Waals surface area contributed by atoms with Gasteiger partial charge in [-0.05, 0) is 25.0 Å². The molecule has 1 aromatic heterocycles. The molecule has 0 bridgehead atoms. The zero-order valence-electron chi connectivity index (χ0n) is 11.4. The maximum Gasteiger partial charge on any atom is 0.274 e. The summed E-state index contributed by atoms with van der Waals surface area (Å²) in [5.41, 5.74) is 5.82. The third-order valence-corrected chi connectivity index (χ3v) is 3.21. The summed E-state index contributed by atoms with van der Waals surface area (Å²) in [5, 5.41) is 7.56. The second kappa shape index (κ2) is 6.93. The highest BCUT2D eigenvalue weighted by Crippen LogP contribution is 2.12. The van der Waals surface area contributed by atoms with Crippen molar-refractivity contribution >= 4 is 11.7 Å². The molecule has 0 unspecified atom stereocenters. The van der Waals surface area contributed by atoms with Gasteiger partial charge in [-0.25, -0.2) is 0 Å². The van der Waals surface area contributed by atoms with E-state index in [-0.39, 0.29) is 5.91 Å². The summed E-state index contributed by atoms with van der Waals surface area (Å²) in [6.45, 7) is 7.73. The Labute approximate surface area is 108 Å². The molecule has 1 aromatic rings. The lowest BCUT2D eigenvalue weighted by atomic mass is 10.0. The van der Waals surface area contributed by atoms with Crippen molar-refractivity contribution in [1.82, 2.24) is 15.1 Å². The fraction of sp³-hybridized carbons (Fsp3) is 0.615. The number of nitrogens with zero attached hydrogens (tertiary/aromatic N) is 3. The van der Waals surface area contributed by atoms with E-state index < -0.39 is 0 Å². The molecule has 0 atom stereocenters. The van der Waals surface area contributed by atoms with Crippen LogP contribution in [0.4, 0.5) is 5.82 Å². The van der Waals surface area contributed by atoms with Crippen molar-refractivity contribution in [2.45, 2.75) is 33.6 Å². The maximum absolute atomic E-state index is 12.2. The van der Waals surface area contributed by atoms with Crippen molar-refractivity contribution in [3.05, 3.63) is 17.8 Å². The Hall–Kier alpha value is -1.65. The van der Waals surface area contributed by atoms with Gasteiger partial charge < -0.3 is 10.6 Å². The van der Waals surface area contributed by atoms with Gasteiger partial charge in [-0.3, -0.25) is 4.79 Å². The molecule has 1 rings (SSSR count). The van der Waals surface area contributed by atoms with Crippen LogP contribution >= 0.6 is 0 Å². The Kier molecular flexibility index (Phi) is 5.55. The minimum Gasteiger partial charge on any atom is -0.382 e. The first-order valence-electron chi connectivity index (χ1n) is 6.50. The van der Waals surface area contributed by atoms with Gasteiger partial charge >= 0.3 is 0 Å². The molecule has 0 radical (unpaired) electrons. The molecule has 0 saturated heterocycles. The largest absolute Gasteiger partial charge is 0.382 e. The molecule has 0 fully saturated rings. The number of carbonyl (C=O) groups is 1. The van der Waals surface area contributed by atoms with Gasteiger partial charge in [0, 0.05) is 13.1 Å². The minimum atomic E-state index is -0.0723. The zero-order chi connectivity index (χ0) is 13.5. The van der Waals surface area contributed by atoms with Gasteiger partial charge in [0.1, 0.15) is 5.82 Å². The van der Waals surface area contributed by atoms with Crippen LogP contribution in [0.3, 0.4) is 0 Å². The molecular formula is C13H22N4O. The number of hydrogen-bond acceptors (Lipinski definition) is 4.